The molecule has 0 aliphatic heterocycles. The van der Waals surface area contributed by atoms with Crippen molar-refractivity contribution in [1.82, 2.24) is 5.32 Å². The fourth-order valence-corrected chi connectivity index (χ4v) is 0.785. The Morgan fingerprint density at radius 2 is 2.21 bits per heavy atom. The highest BCUT2D eigenvalue weighted by Gasteiger charge is 2.15. The van der Waals surface area contributed by atoms with E-state index in [4.69, 9.17) is 10.8 Å². The van der Waals surface area contributed by atoms with Crippen molar-refractivity contribution in [2.24, 2.45) is 5.73 Å². The average molecular weight is 198 g/mol. The van der Waals surface area contributed by atoms with Crippen LogP contribution in [0.5, 0.6) is 0 Å². The highest BCUT2D eigenvalue weighted by atomic mass is 16.4. The topological polar surface area (TPSA) is 92.4 Å². The molecule has 78 valence electrons. The van der Waals surface area contributed by atoms with Gasteiger partial charge in [-0.25, -0.2) is 0 Å². The molecule has 14 heavy (non-hydrogen) atoms. The summed E-state index contributed by atoms with van der Waals surface area (Å²) in [6.07, 6.45) is 0.188. The van der Waals surface area contributed by atoms with Crippen LogP contribution >= 0.6 is 0 Å². The van der Waals surface area contributed by atoms with Crippen LogP contribution in [-0.4, -0.2) is 29.6 Å². The number of hydrogen-bond donors (Lipinski definition) is 3. The number of hydrogen-bond acceptors (Lipinski definition) is 3. The van der Waals surface area contributed by atoms with Gasteiger partial charge in [0.1, 0.15) is 0 Å². The van der Waals surface area contributed by atoms with E-state index < -0.39 is 17.9 Å². The highest BCUT2D eigenvalue weighted by molar-refractivity contribution is 5.85. The number of carboxylic acids is 1. The lowest BCUT2D eigenvalue weighted by atomic mass is 10.2. The third-order valence-corrected chi connectivity index (χ3v) is 1.46. The number of nitrogens with one attached hydrogen (secondary N) is 1. The van der Waals surface area contributed by atoms with Gasteiger partial charge in [0.25, 0.3) is 0 Å². The van der Waals surface area contributed by atoms with Gasteiger partial charge < -0.3 is 16.2 Å². The van der Waals surface area contributed by atoms with Gasteiger partial charge in [0.2, 0.25) is 5.91 Å². The Bertz CT molecular complexity index is 265. The van der Waals surface area contributed by atoms with Gasteiger partial charge in [-0.3, -0.25) is 9.59 Å². The number of rotatable bonds is 5. The van der Waals surface area contributed by atoms with Gasteiger partial charge >= 0.3 is 5.97 Å². The van der Waals surface area contributed by atoms with E-state index in [9.17, 15) is 9.59 Å². The standard InChI is InChI=1S/C9H14N2O3/c1-2-3-4-5-11-9(14)7(10)6-8(12)13/h7H,4-6,10H2,1H3,(H,11,14)(H,12,13). The summed E-state index contributed by atoms with van der Waals surface area (Å²) < 4.78 is 0. The first kappa shape index (κ1) is 12.5. The van der Waals surface area contributed by atoms with Crippen molar-refractivity contribution >= 4 is 11.9 Å². The number of aliphatic carboxylic acids is 1. The third-order valence-electron chi connectivity index (χ3n) is 1.46. The van der Waals surface area contributed by atoms with E-state index in [-0.39, 0.29) is 6.42 Å². The van der Waals surface area contributed by atoms with Crippen LogP contribution in [0.4, 0.5) is 0 Å². The summed E-state index contributed by atoms with van der Waals surface area (Å²) in [4.78, 5) is 21.3. The predicted octanol–water partition coefficient (Wildman–Crippen LogP) is -0.682. The first-order valence-electron chi connectivity index (χ1n) is 4.22. The van der Waals surface area contributed by atoms with Crippen molar-refractivity contribution in [1.29, 1.82) is 0 Å². The van der Waals surface area contributed by atoms with Crippen LogP contribution in [0, 0.1) is 11.8 Å². The molecule has 5 heteroatoms. The second-order valence-corrected chi connectivity index (χ2v) is 2.67. The molecule has 0 bridgehead atoms. The zero-order chi connectivity index (χ0) is 11.0. The molecular weight excluding hydrogens is 184 g/mol. The van der Waals surface area contributed by atoms with Crippen molar-refractivity contribution in [2.45, 2.75) is 25.8 Å². The third kappa shape index (κ3) is 6.03. The van der Waals surface area contributed by atoms with Gasteiger partial charge in [-0.2, -0.15) is 0 Å². The Morgan fingerprint density at radius 1 is 1.57 bits per heavy atom. The molecule has 0 fully saturated rings. The van der Waals surface area contributed by atoms with Crippen molar-refractivity contribution in [3.63, 3.8) is 0 Å². The predicted molar refractivity (Wildman–Crippen MR) is 51.3 cm³/mol. The molecule has 1 unspecified atom stereocenters. The largest absolute Gasteiger partial charge is 0.481 e. The van der Waals surface area contributed by atoms with Crippen LogP contribution in [0.1, 0.15) is 19.8 Å². The van der Waals surface area contributed by atoms with E-state index in [2.05, 4.69) is 17.2 Å². The van der Waals surface area contributed by atoms with Crippen LogP contribution in [0.2, 0.25) is 0 Å². The van der Waals surface area contributed by atoms with Crippen molar-refractivity contribution in [2.75, 3.05) is 6.54 Å². The summed E-state index contributed by atoms with van der Waals surface area (Å²) in [5, 5.41) is 10.9. The average Bonchev–Trinajstić information content (AvgIpc) is 2.11. The molecule has 0 rings (SSSR count). The Kier molecular flexibility index (Phi) is 6.16. The highest BCUT2D eigenvalue weighted by Crippen LogP contribution is 1.88. The fourth-order valence-electron chi connectivity index (χ4n) is 0.785. The van der Waals surface area contributed by atoms with E-state index in [1.165, 1.54) is 0 Å². The second kappa shape index (κ2) is 6.92. The van der Waals surface area contributed by atoms with Crippen molar-refractivity contribution in [3.05, 3.63) is 0 Å². The van der Waals surface area contributed by atoms with Crippen molar-refractivity contribution in [3.8, 4) is 11.8 Å². The summed E-state index contributed by atoms with van der Waals surface area (Å²) in [6.45, 7) is 2.10. The van der Waals surface area contributed by atoms with E-state index in [0.29, 0.717) is 13.0 Å². The smallest absolute Gasteiger partial charge is 0.305 e. The zero-order valence-electron chi connectivity index (χ0n) is 8.04. The van der Waals surface area contributed by atoms with E-state index in [0.717, 1.165) is 0 Å². The van der Waals surface area contributed by atoms with Gasteiger partial charge in [-0.05, 0) is 6.92 Å². The minimum atomic E-state index is -1.08. The van der Waals surface area contributed by atoms with Crippen LogP contribution in [0.3, 0.4) is 0 Å². The van der Waals surface area contributed by atoms with Gasteiger partial charge in [-0.15, -0.1) is 11.8 Å². The van der Waals surface area contributed by atoms with Gasteiger partial charge in [0.05, 0.1) is 12.5 Å². The van der Waals surface area contributed by atoms with Crippen LogP contribution in [0.15, 0.2) is 0 Å². The molecule has 0 radical (unpaired) electrons. The molecule has 1 amide bonds. The minimum Gasteiger partial charge on any atom is -0.481 e. The molecule has 0 aromatic carbocycles. The maximum atomic E-state index is 11.1. The number of carbonyl (C=O) groups excluding carboxylic acids is 1. The van der Waals surface area contributed by atoms with Gasteiger partial charge in [0, 0.05) is 13.0 Å². The van der Waals surface area contributed by atoms with Crippen LogP contribution in [0.25, 0.3) is 0 Å². The monoisotopic (exact) mass is 198 g/mol. The molecule has 1 atom stereocenters. The van der Waals surface area contributed by atoms with Crippen LogP contribution < -0.4 is 11.1 Å². The van der Waals surface area contributed by atoms with E-state index in [1.807, 2.05) is 0 Å². The Morgan fingerprint density at radius 3 is 2.71 bits per heavy atom. The molecule has 0 heterocycles. The number of nitrogens with two attached hydrogens (primary N) is 1. The zero-order valence-corrected chi connectivity index (χ0v) is 8.04. The van der Waals surface area contributed by atoms with E-state index >= 15 is 0 Å². The lowest BCUT2D eigenvalue weighted by Crippen LogP contribution is -2.42. The summed E-state index contributed by atoms with van der Waals surface area (Å²) in [6, 6.07) is -0.984. The molecule has 0 aliphatic rings. The number of carboxylic acid groups (broad SMARTS) is 1. The summed E-state index contributed by atoms with van der Waals surface area (Å²) in [5.74, 6) is 3.90. The normalized spacial score (nSPS) is 11.0. The molecule has 0 spiro atoms. The summed E-state index contributed by atoms with van der Waals surface area (Å²) >= 11 is 0. The lowest BCUT2D eigenvalue weighted by Gasteiger charge is -2.08. The maximum Gasteiger partial charge on any atom is 0.305 e. The molecule has 4 N–H and O–H groups in total. The molecule has 0 aromatic rings. The lowest BCUT2D eigenvalue weighted by molar-refractivity contribution is -0.139. The molecule has 5 nitrogen and oxygen atoms in total. The quantitative estimate of drug-likeness (QED) is 0.403. The molecule has 0 aliphatic carbocycles. The molecule has 0 saturated carbocycles. The minimum absolute atomic E-state index is 0.356. The first-order chi connectivity index (χ1) is 6.57. The van der Waals surface area contributed by atoms with Gasteiger partial charge in [0.15, 0.2) is 0 Å². The summed E-state index contributed by atoms with van der Waals surface area (Å²) in [5.41, 5.74) is 5.30. The maximum absolute atomic E-state index is 11.1. The SMILES string of the molecule is CC#CCCNC(=O)C(N)CC(=O)O. The Balaban J connectivity index is 3.71. The van der Waals surface area contributed by atoms with E-state index in [1.54, 1.807) is 6.92 Å². The summed E-state index contributed by atoms with van der Waals surface area (Å²) in [7, 11) is 0. The molecule has 0 aromatic heterocycles. The Labute approximate surface area is 82.7 Å². The molecular formula is C9H14N2O3. The fraction of sp³-hybridized carbons (Fsp3) is 0.556. The number of carbonyl (C=O) groups is 2. The number of amides is 1. The Hall–Kier alpha value is -1.54. The van der Waals surface area contributed by atoms with Gasteiger partial charge in [-0.1, -0.05) is 0 Å². The first-order valence-corrected chi connectivity index (χ1v) is 4.22. The second-order valence-electron chi connectivity index (χ2n) is 2.67. The van der Waals surface area contributed by atoms with Crippen LogP contribution in [-0.2, 0) is 9.59 Å². The van der Waals surface area contributed by atoms with Crippen molar-refractivity contribution < 1.29 is 14.7 Å². The molecule has 0 saturated heterocycles.